The largest absolute Gasteiger partial charge is 0.492 e. The second kappa shape index (κ2) is 8.68. The van der Waals surface area contributed by atoms with Gasteiger partial charge in [-0.3, -0.25) is 4.99 Å². The number of hydrogen-bond donors (Lipinski definition) is 2. The first-order valence-electron chi connectivity index (χ1n) is 8.98. The van der Waals surface area contributed by atoms with Crippen molar-refractivity contribution in [2.45, 2.75) is 20.8 Å². The molecule has 0 unspecified atom stereocenters. The molecule has 0 radical (unpaired) electrons. The highest BCUT2D eigenvalue weighted by Crippen LogP contribution is 2.26. The van der Waals surface area contributed by atoms with E-state index in [1.165, 1.54) is 0 Å². The second-order valence-electron chi connectivity index (χ2n) is 6.08. The Kier molecular flexibility index (Phi) is 6.08. The van der Waals surface area contributed by atoms with Crippen LogP contribution in [0.25, 0.3) is 0 Å². The van der Waals surface area contributed by atoms with E-state index in [9.17, 15) is 0 Å². The minimum atomic E-state index is 0.502. The standard InChI is InChI=1S/C21H24N4OS/c1-4-17(20-15(3)22-16-10-8-9-13-25(20)14-16)23-21(27)24-18-11-6-7-12-19(18)26-5-2/h4,6-13H,5,14H2,1-3H3,(H2,23,24,27)/b17-4-. The van der Waals surface area contributed by atoms with Crippen LogP contribution in [0, 0.1) is 0 Å². The third-order valence-electron chi connectivity index (χ3n) is 4.17. The fraction of sp³-hybridized carbons (Fsp3) is 0.238. The van der Waals surface area contributed by atoms with Gasteiger partial charge in [0.2, 0.25) is 0 Å². The normalized spacial score (nSPS) is 16.0. The molecule has 0 amide bonds. The SMILES string of the molecule is C/C=C(\NC(=S)Nc1ccccc1OCC)C1=C(C)N=C2C=CC=CN1C2. The number of nitrogens with zero attached hydrogens (tertiary/aromatic N) is 2. The van der Waals surface area contributed by atoms with E-state index in [2.05, 4.69) is 21.7 Å². The minimum absolute atomic E-state index is 0.502. The lowest BCUT2D eigenvalue weighted by molar-refractivity contribution is 0.342. The van der Waals surface area contributed by atoms with E-state index in [-0.39, 0.29) is 0 Å². The Balaban J connectivity index is 1.78. The molecule has 0 atom stereocenters. The molecule has 2 aliphatic rings. The van der Waals surface area contributed by atoms with E-state index in [0.29, 0.717) is 11.7 Å². The number of benzene rings is 1. The van der Waals surface area contributed by atoms with Gasteiger partial charge in [0.05, 0.1) is 41.6 Å². The lowest BCUT2D eigenvalue weighted by atomic mass is 10.1. The van der Waals surface area contributed by atoms with Gasteiger partial charge in [0, 0.05) is 6.20 Å². The molecule has 0 saturated heterocycles. The molecule has 140 valence electrons. The molecular weight excluding hydrogens is 356 g/mol. The van der Waals surface area contributed by atoms with Crippen molar-refractivity contribution in [3.8, 4) is 5.75 Å². The summed E-state index contributed by atoms with van der Waals surface area (Å²) in [7, 11) is 0. The van der Waals surface area contributed by atoms with Crippen molar-refractivity contribution in [1.29, 1.82) is 0 Å². The molecule has 1 aromatic rings. The predicted octanol–water partition coefficient (Wildman–Crippen LogP) is 4.35. The minimum Gasteiger partial charge on any atom is -0.492 e. The zero-order valence-corrected chi connectivity index (χ0v) is 16.6. The van der Waals surface area contributed by atoms with Gasteiger partial charge in [-0.05, 0) is 57.3 Å². The summed E-state index contributed by atoms with van der Waals surface area (Å²) in [6, 6.07) is 7.75. The van der Waals surface area contributed by atoms with Crippen molar-refractivity contribution in [1.82, 2.24) is 10.2 Å². The fourth-order valence-corrected chi connectivity index (χ4v) is 3.27. The van der Waals surface area contributed by atoms with Crippen LogP contribution in [0.1, 0.15) is 20.8 Å². The molecule has 2 heterocycles. The van der Waals surface area contributed by atoms with E-state index in [4.69, 9.17) is 21.9 Å². The summed E-state index contributed by atoms with van der Waals surface area (Å²) >= 11 is 5.54. The number of nitrogens with one attached hydrogen (secondary N) is 2. The van der Waals surface area contributed by atoms with Crippen molar-refractivity contribution in [3.63, 3.8) is 0 Å². The average molecular weight is 381 g/mol. The summed E-state index contributed by atoms with van der Waals surface area (Å²) in [5.41, 5.74) is 4.76. The molecule has 0 saturated carbocycles. The molecule has 2 bridgehead atoms. The summed E-state index contributed by atoms with van der Waals surface area (Å²) in [4.78, 5) is 6.88. The molecule has 2 aliphatic heterocycles. The molecule has 5 nitrogen and oxygen atoms in total. The summed E-state index contributed by atoms with van der Waals surface area (Å²) in [6.07, 6.45) is 10.1. The molecular formula is C21H24N4OS. The summed E-state index contributed by atoms with van der Waals surface area (Å²) in [5, 5.41) is 7.04. The van der Waals surface area contributed by atoms with E-state index in [1.54, 1.807) is 0 Å². The van der Waals surface area contributed by atoms with E-state index in [0.717, 1.165) is 40.8 Å². The van der Waals surface area contributed by atoms with Gasteiger partial charge in [-0.2, -0.15) is 0 Å². The van der Waals surface area contributed by atoms with Gasteiger partial charge in [-0.15, -0.1) is 0 Å². The molecule has 0 fully saturated rings. The van der Waals surface area contributed by atoms with Gasteiger partial charge in [0.15, 0.2) is 5.11 Å². The van der Waals surface area contributed by atoms with Crippen LogP contribution in [0.2, 0.25) is 0 Å². The van der Waals surface area contributed by atoms with Crippen molar-refractivity contribution in [2.24, 2.45) is 4.99 Å². The van der Waals surface area contributed by atoms with E-state index < -0.39 is 0 Å². The third kappa shape index (κ3) is 4.46. The first-order chi connectivity index (χ1) is 13.1. The van der Waals surface area contributed by atoms with Crippen LogP contribution in [0.15, 0.2) is 76.9 Å². The first-order valence-corrected chi connectivity index (χ1v) is 9.39. The predicted molar refractivity (Wildman–Crippen MR) is 116 cm³/mol. The number of ether oxygens (including phenoxy) is 1. The topological polar surface area (TPSA) is 48.9 Å². The monoisotopic (exact) mass is 380 g/mol. The van der Waals surface area contributed by atoms with Crippen LogP contribution in [0.5, 0.6) is 5.75 Å². The van der Waals surface area contributed by atoms with Crippen LogP contribution in [-0.2, 0) is 0 Å². The molecule has 2 N–H and O–H groups in total. The van der Waals surface area contributed by atoms with Crippen LogP contribution >= 0.6 is 12.2 Å². The lowest BCUT2D eigenvalue weighted by Crippen LogP contribution is -2.35. The van der Waals surface area contributed by atoms with Gasteiger partial charge in [-0.25, -0.2) is 0 Å². The maximum atomic E-state index is 5.65. The number of allylic oxidation sites excluding steroid dienone is 4. The molecule has 3 rings (SSSR count). The zero-order chi connectivity index (χ0) is 19.2. The quantitative estimate of drug-likeness (QED) is 0.744. The number of thiocarbonyl (C=S) groups is 1. The smallest absolute Gasteiger partial charge is 0.175 e. The van der Waals surface area contributed by atoms with Crippen LogP contribution in [0.3, 0.4) is 0 Å². The van der Waals surface area contributed by atoms with Crippen LogP contribution in [-0.4, -0.2) is 28.9 Å². The Morgan fingerprint density at radius 1 is 1.33 bits per heavy atom. The summed E-state index contributed by atoms with van der Waals surface area (Å²) in [5.74, 6) is 0.773. The molecule has 0 aliphatic carbocycles. The summed E-state index contributed by atoms with van der Waals surface area (Å²) in [6.45, 7) is 7.30. The Hall–Kier alpha value is -2.86. The maximum Gasteiger partial charge on any atom is 0.175 e. The average Bonchev–Trinajstić information content (AvgIpc) is 2.84. The first kappa shape index (κ1) is 18.9. The lowest BCUT2D eigenvalue weighted by Gasteiger charge is -2.30. The van der Waals surface area contributed by atoms with Gasteiger partial charge >= 0.3 is 0 Å². The van der Waals surface area contributed by atoms with Crippen molar-refractivity contribution in [2.75, 3.05) is 18.5 Å². The highest BCUT2D eigenvalue weighted by atomic mass is 32.1. The molecule has 0 aromatic heterocycles. The molecule has 6 heteroatoms. The van der Waals surface area contributed by atoms with E-state index >= 15 is 0 Å². The number of para-hydroxylation sites is 2. The Morgan fingerprint density at radius 2 is 2.15 bits per heavy atom. The third-order valence-corrected chi connectivity index (χ3v) is 4.37. The number of aliphatic imine (C=N–C) groups is 1. The highest BCUT2D eigenvalue weighted by Gasteiger charge is 2.22. The fourth-order valence-electron chi connectivity index (χ4n) is 3.05. The second-order valence-corrected chi connectivity index (χ2v) is 6.48. The number of anilines is 1. The zero-order valence-electron chi connectivity index (χ0n) is 15.8. The highest BCUT2D eigenvalue weighted by molar-refractivity contribution is 7.80. The summed E-state index contributed by atoms with van der Waals surface area (Å²) < 4.78 is 5.65. The van der Waals surface area contributed by atoms with Gasteiger partial charge in [0.1, 0.15) is 5.75 Å². The Bertz CT molecular complexity index is 880. The Morgan fingerprint density at radius 3 is 2.93 bits per heavy atom. The Labute approximate surface area is 165 Å². The van der Waals surface area contributed by atoms with Crippen molar-refractivity contribution >= 4 is 28.7 Å². The molecule has 1 aromatic carbocycles. The van der Waals surface area contributed by atoms with Crippen molar-refractivity contribution in [3.05, 3.63) is 71.9 Å². The molecule has 0 spiro atoms. The van der Waals surface area contributed by atoms with Crippen molar-refractivity contribution < 1.29 is 4.74 Å². The van der Waals surface area contributed by atoms with Gasteiger partial charge in [0.25, 0.3) is 0 Å². The molecule has 27 heavy (non-hydrogen) atoms. The van der Waals surface area contributed by atoms with E-state index in [1.807, 2.05) is 69.3 Å². The number of fused-ring (bicyclic) bond motifs is 2. The maximum absolute atomic E-state index is 5.65. The number of rotatable bonds is 5. The number of hydrogen-bond acceptors (Lipinski definition) is 4. The van der Waals surface area contributed by atoms with Crippen LogP contribution < -0.4 is 15.4 Å². The van der Waals surface area contributed by atoms with Gasteiger partial charge in [-0.1, -0.05) is 24.3 Å². The van der Waals surface area contributed by atoms with Gasteiger partial charge < -0.3 is 20.3 Å². The van der Waals surface area contributed by atoms with Crippen LogP contribution in [0.4, 0.5) is 5.69 Å².